The first-order valence-electron chi connectivity index (χ1n) is 5.63. The van der Waals surface area contributed by atoms with E-state index in [0.29, 0.717) is 0 Å². The number of hydrogen-bond acceptors (Lipinski definition) is 2. The smallest absolute Gasteiger partial charge is 0.0254 e. The summed E-state index contributed by atoms with van der Waals surface area (Å²) in [6, 6.07) is 1.60. The maximum atomic E-state index is 2.69. The zero-order chi connectivity index (χ0) is 9.42. The Bertz CT molecular complexity index is 179. The molecule has 2 heterocycles. The lowest BCUT2D eigenvalue weighted by molar-refractivity contribution is 0.103. The summed E-state index contributed by atoms with van der Waals surface area (Å²) in [4.78, 5) is 5.18. The van der Waals surface area contributed by atoms with E-state index >= 15 is 0 Å². The van der Waals surface area contributed by atoms with Crippen LogP contribution in [0.15, 0.2) is 0 Å². The summed E-state index contributed by atoms with van der Waals surface area (Å²) in [5, 5.41) is 0. The molecule has 2 nitrogen and oxygen atoms in total. The van der Waals surface area contributed by atoms with Crippen molar-refractivity contribution in [1.29, 1.82) is 0 Å². The molecular formula is C11H22N2. The minimum Gasteiger partial charge on any atom is -0.305 e. The van der Waals surface area contributed by atoms with Crippen molar-refractivity contribution in [2.24, 2.45) is 5.92 Å². The van der Waals surface area contributed by atoms with E-state index in [1.807, 2.05) is 0 Å². The Morgan fingerprint density at radius 3 is 2.54 bits per heavy atom. The Labute approximate surface area is 81.9 Å². The number of piperidine rings is 1. The third kappa shape index (κ3) is 1.75. The summed E-state index contributed by atoms with van der Waals surface area (Å²) in [6.07, 6.45) is 2.86. The van der Waals surface area contributed by atoms with Gasteiger partial charge in [-0.1, -0.05) is 0 Å². The zero-order valence-corrected chi connectivity index (χ0v) is 9.16. The molecule has 0 saturated carbocycles. The molecule has 0 spiro atoms. The Morgan fingerprint density at radius 1 is 1.15 bits per heavy atom. The maximum absolute atomic E-state index is 2.69. The molecule has 0 amide bonds. The standard InChI is InChI=1S/C11H22N2/c1-9(2)13-7-5-10-4-6-12(3)8-11(10)13/h9-11H,4-8H2,1-3H3. The lowest BCUT2D eigenvalue weighted by atomic mass is 9.92. The second-order valence-electron chi connectivity index (χ2n) is 5.00. The van der Waals surface area contributed by atoms with Gasteiger partial charge in [-0.2, -0.15) is 0 Å². The van der Waals surface area contributed by atoms with Gasteiger partial charge in [0.05, 0.1) is 0 Å². The van der Waals surface area contributed by atoms with Crippen molar-refractivity contribution in [3.05, 3.63) is 0 Å². The zero-order valence-electron chi connectivity index (χ0n) is 9.16. The van der Waals surface area contributed by atoms with Crippen LogP contribution in [0.2, 0.25) is 0 Å². The van der Waals surface area contributed by atoms with E-state index in [1.165, 1.54) is 32.5 Å². The molecule has 13 heavy (non-hydrogen) atoms. The fraction of sp³-hybridized carbons (Fsp3) is 1.00. The third-order valence-corrected chi connectivity index (χ3v) is 3.77. The topological polar surface area (TPSA) is 6.48 Å². The molecule has 2 aliphatic rings. The SMILES string of the molecule is CC(C)N1CCC2CCN(C)CC21. The van der Waals surface area contributed by atoms with Crippen molar-refractivity contribution in [2.45, 2.75) is 38.8 Å². The molecule has 2 aliphatic heterocycles. The van der Waals surface area contributed by atoms with Gasteiger partial charge in [0.15, 0.2) is 0 Å². The Morgan fingerprint density at radius 2 is 1.85 bits per heavy atom. The number of likely N-dealkylation sites (N-methyl/N-ethyl adjacent to an activating group) is 1. The Kier molecular flexibility index (Phi) is 2.61. The summed E-state index contributed by atoms with van der Waals surface area (Å²) in [7, 11) is 2.26. The van der Waals surface area contributed by atoms with E-state index in [2.05, 4.69) is 30.7 Å². The van der Waals surface area contributed by atoms with Crippen LogP contribution in [0.4, 0.5) is 0 Å². The number of fused-ring (bicyclic) bond motifs is 1. The largest absolute Gasteiger partial charge is 0.305 e. The van der Waals surface area contributed by atoms with Crippen LogP contribution < -0.4 is 0 Å². The van der Waals surface area contributed by atoms with Gasteiger partial charge in [0.1, 0.15) is 0 Å². The van der Waals surface area contributed by atoms with Crippen LogP contribution in [0.25, 0.3) is 0 Å². The highest BCUT2D eigenvalue weighted by Gasteiger charge is 2.38. The van der Waals surface area contributed by atoms with Gasteiger partial charge >= 0.3 is 0 Å². The van der Waals surface area contributed by atoms with Gasteiger partial charge in [-0.3, -0.25) is 4.90 Å². The molecular weight excluding hydrogens is 160 g/mol. The number of likely N-dealkylation sites (tertiary alicyclic amines) is 2. The van der Waals surface area contributed by atoms with Crippen molar-refractivity contribution >= 4 is 0 Å². The van der Waals surface area contributed by atoms with Gasteiger partial charge in [-0.25, -0.2) is 0 Å². The lowest BCUT2D eigenvalue weighted by Crippen LogP contribution is -2.48. The van der Waals surface area contributed by atoms with Gasteiger partial charge in [0.2, 0.25) is 0 Å². The van der Waals surface area contributed by atoms with Crippen molar-refractivity contribution in [3.8, 4) is 0 Å². The number of rotatable bonds is 1. The van der Waals surface area contributed by atoms with Crippen LogP contribution in [0.5, 0.6) is 0 Å². The molecule has 2 fully saturated rings. The first-order chi connectivity index (χ1) is 6.18. The molecule has 2 unspecified atom stereocenters. The van der Waals surface area contributed by atoms with Crippen LogP contribution in [0.3, 0.4) is 0 Å². The van der Waals surface area contributed by atoms with Crippen LogP contribution in [-0.4, -0.2) is 48.6 Å². The van der Waals surface area contributed by atoms with E-state index in [-0.39, 0.29) is 0 Å². The van der Waals surface area contributed by atoms with E-state index in [0.717, 1.165) is 18.0 Å². The highest BCUT2D eigenvalue weighted by molar-refractivity contribution is 4.93. The second kappa shape index (κ2) is 3.58. The first kappa shape index (κ1) is 9.47. The molecule has 0 radical (unpaired) electrons. The van der Waals surface area contributed by atoms with Gasteiger partial charge in [-0.15, -0.1) is 0 Å². The maximum Gasteiger partial charge on any atom is 0.0254 e. The average molecular weight is 182 g/mol. The molecule has 0 bridgehead atoms. The van der Waals surface area contributed by atoms with Crippen LogP contribution >= 0.6 is 0 Å². The number of hydrogen-bond donors (Lipinski definition) is 0. The first-order valence-corrected chi connectivity index (χ1v) is 5.63. The molecule has 2 atom stereocenters. The van der Waals surface area contributed by atoms with Crippen molar-refractivity contribution in [2.75, 3.05) is 26.7 Å². The predicted molar refractivity (Wildman–Crippen MR) is 55.9 cm³/mol. The Balaban J connectivity index is 2.02. The monoisotopic (exact) mass is 182 g/mol. The van der Waals surface area contributed by atoms with Gasteiger partial charge in [-0.05, 0) is 52.7 Å². The fourth-order valence-electron chi connectivity index (χ4n) is 2.97. The molecule has 0 aromatic carbocycles. The van der Waals surface area contributed by atoms with Gasteiger partial charge in [0, 0.05) is 18.6 Å². The Hall–Kier alpha value is -0.0800. The summed E-state index contributed by atoms with van der Waals surface area (Å²) < 4.78 is 0. The van der Waals surface area contributed by atoms with Crippen molar-refractivity contribution in [3.63, 3.8) is 0 Å². The van der Waals surface area contributed by atoms with E-state index < -0.39 is 0 Å². The molecule has 0 aromatic heterocycles. The molecule has 0 aliphatic carbocycles. The normalized spacial score (nSPS) is 36.9. The molecule has 76 valence electrons. The summed E-state index contributed by atoms with van der Waals surface area (Å²) in [5.41, 5.74) is 0. The molecule has 0 N–H and O–H groups in total. The van der Waals surface area contributed by atoms with Gasteiger partial charge in [0.25, 0.3) is 0 Å². The van der Waals surface area contributed by atoms with Crippen LogP contribution in [0, 0.1) is 5.92 Å². The predicted octanol–water partition coefficient (Wildman–Crippen LogP) is 1.42. The van der Waals surface area contributed by atoms with E-state index in [9.17, 15) is 0 Å². The summed E-state index contributed by atoms with van der Waals surface area (Å²) in [6.45, 7) is 8.60. The second-order valence-corrected chi connectivity index (χ2v) is 5.00. The molecule has 0 aromatic rings. The lowest BCUT2D eigenvalue weighted by Gasteiger charge is -2.38. The minimum absolute atomic E-state index is 0.738. The van der Waals surface area contributed by atoms with Crippen molar-refractivity contribution < 1.29 is 0 Å². The highest BCUT2D eigenvalue weighted by atomic mass is 15.3. The summed E-state index contributed by atoms with van der Waals surface area (Å²) in [5.74, 6) is 0.999. The minimum atomic E-state index is 0.738. The van der Waals surface area contributed by atoms with Crippen LogP contribution in [-0.2, 0) is 0 Å². The van der Waals surface area contributed by atoms with E-state index in [4.69, 9.17) is 0 Å². The van der Waals surface area contributed by atoms with Gasteiger partial charge < -0.3 is 4.90 Å². The quantitative estimate of drug-likeness (QED) is 0.605. The van der Waals surface area contributed by atoms with E-state index in [1.54, 1.807) is 0 Å². The summed E-state index contributed by atoms with van der Waals surface area (Å²) >= 11 is 0. The fourth-order valence-corrected chi connectivity index (χ4v) is 2.97. The van der Waals surface area contributed by atoms with Crippen LogP contribution in [0.1, 0.15) is 26.7 Å². The molecule has 2 heteroatoms. The highest BCUT2D eigenvalue weighted by Crippen LogP contribution is 2.32. The third-order valence-electron chi connectivity index (χ3n) is 3.77. The average Bonchev–Trinajstić information content (AvgIpc) is 2.46. The number of nitrogens with zero attached hydrogens (tertiary/aromatic N) is 2. The van der Waals surface area contributed by atoms with Crippen molar-refractivity contribution in [1.82, 2.24) is 9.80 Å². The molecule has 2 rings (SSSR count). The molecule has 2 saturated heterocycles.